The molecule has 55 heavy (non-hydrogen) atoms. The standard InChI is InChI=1S/C40H63N5O10/c1-28(9-13-36-37(47)40(27-53-40)15-20-52-36)8-12-35-29(2)24-33(31(4)55-35)25-34(46)11-10-30(3)54-39(49)45-18-14-32(26-45)38(48)42-16-6-5-7-19-50-22-23-51-21-17-43-44-41/h8-11,13,29-33,35-37,47H,5-7,12,14-27H2,1-4H3,(H,42,48)/b11-10-,13-9+,28-8+/t29-,30-,31+,32+,33-,35-,36?,37+,40+/m0/s1. The molecule has 2 N–H and O–H groups in total. The van der Waals surface area contributed by atoms with Crippen LogP contribution in [-0.4, -0.2) is 130 Å². The Morgan fingerprint density at radius 3 is 2.67 bits per heavy atom. The van der Waals surface area contributed by atoms with Gasteiger partial charge in [-0.15, -0.1) is 0 Å². The van der Waals surface area contributed by atoms with Crippen molar-refractivity contribution in [3.05, 3.63) is 46.4 Å². The molecule has 308 valence electrons. The topological polar surface area (TPSA) is 194 Å². The number of likely N-dealkylation sites (tertiary alicyclic amines) is 1. The highest BCUT2D eigenvalue weighted by Gasteiger charge is 2.55. The Balaban J connectivity index is 1.05. The van der Waals surface area contributed by atoms with Crippen molar-refractivity contribution in [2.45, 2.75) is 115 Å². The number of rotatable bonds is 22. The zero-order valence-corrected chi connectivity index (χ0v) is 33.1. The van der Waals surface area contributed by atoms with Crippen LogP contribution in [0.25, 0.3) is 10.4 Å². The molecule has 4 heterocycles. The van der Waals surface area contributed by atoms with Crippen LogP contribution in [0.3, 0.4) is 0 Å². The van der Waals surface area contributed by atoms with Crippen molar-refractivity contribution in [2.75, 3.05) is 65.8 Å². The van der Waals surface area contributed by atoms with E-state index in [1.807, 2.05) is 26.0 Å². The lowest BCUT2D eigenvalue weighted by atomic mass is 9.81. The smallest absolute Gasteiger partial charge is 0.410 e. The Bertz CT molecular complexity index is 1380. The van der Waals surface area contributed by atoms with Crippen molar-refractivity contribution in [1.82, 2.24) is 10.2 Å². The van der Waals surface area contributed by atoms with E-state index in [0.717, 1.165) is 44.1 Å². The van der Waals surface area contributed by atoms with Gasteiger partial charge in [0, 0.05) is 50.5 Å². The number of allylic oxidation sites excluding steroid dienone is 3. The number of nitrogens with zero attached hydrogens (tertiary/aromatic N) is 4. The van der Waals surface area contributed by atoms with Crippen LogP contribution in [0.1, 0.15) is 79.1 Å². The lowest BCUT2D eigenvalue weighted by Gasteiger charge is -2.38. The number of unbranched alkanes of at least 4 members (excludes halogenated alkanes) is 2. The van der Waals surface area contributed by atoms with Crippen LogP contribution in [0.2, 0.25) is 0 Å². The second-order valence-electron chi connectivity index (χ2n) is 15.4. The van der Waals surface area contributed by atoms with Gasteiger partial charge in [-0.3, -0.25) is 9.59 Å². The average Bonchev–Trinajstić information content (AvgIpc) is 3.76. The molecule has 0 aliphatic carbocycles. The summed E-state index contributed by atoms with van der Waals surface area (Å²) in [6.45, 7) is 12.7. The van der Waals surface area contributed by atoms with Gasteiger partial charge in [-0.2, -0.15) is 0 Å². The first-order chi connectivity index (χ1) is 26.5. The molecule has 1 spiro atoms. The van der Waals surface area contributed by atoms with E-state index in [1.165, 1.54) is 6.08 Å². The van der Waals surface area contributed by atoms with E-state index >= 15 is 0 Å². The molecule has 0 aromatic rings. The first-order valence-corrected chi connectivity index (χ1v) is 20.1. The number of amides is 2. The first-order valence-electron chi connectivity index (χ1n) is 20.1. The van der Waals surface area contributed by atoms with E-state index in [4.69, 9.17) is 34.0 Å². The summed E-state index contributed by atoms with van der Waals surface area (Å²) in [5, 5.41) is 16.9. The maximum atomic E-state index is 12.9. The van der Waals surface area contributed by atoms with E-state index in [1.54, 1.807) is 17.9 Å². The van der Waals surface area contributed by atoms with Gasteiger partial charge in [-0.05, 0) is 88.8 Å². The van der Waals surface area contributed by atoms with Gasteiger partial charge >= 0.3 is 6.09 Å². The third-order valence-corrected chi connectivity index (χ3v) is 10.9. The lowest BCUT2D eigenvalue weighted by Crippen LogP contribution is -2.46. The van der Waals surface area contributed by atoms with Crippen LogP contribution in [0.4, 0.5) is 4.79 Å². The minimum absolute atomic E-state index is 0.0317. The van der Waals surface area contributed by atoms with Crippen LogP contribution in [0, 0.1) is 17.8 Å². The zero-order chi connectivity index (χ0) is 39.6. The number of aliphatic hydroxyl groups excluding tert-OH is 1. The number of epoxide rings is 1. The molecule has 0 aromatic heterocycles. The van der Waals surface area contributed by atoms with E-state index < -0.39 is 23.9 Å². The highest BCUT2D eigenvalue weighted by molar-refractivity contribution is 5.90. The summed E-state index contributed by atoms with van der Waals surface area (Å²) in [6, 6.07) is 0. The van der Waals surface area contributed by atoms with Gasteiger partial charge in [0.25, 0.3) is 0 Å². The number of carbonyl (C=O) groups is 3. The maximum absolute atomic E-state index is 12.9. The second-order valence-corrected chi connectivity index (χ2v) is 15.4. The van der Waals surface area contributed by atoms with Crippen molar-refractivity contribution in [2.24, 2.45) is 22.9 Å². The fourth-order valence-corrected chi connectivity index (χ4v) is 7.29. The molecule has 4 fully saturated rings. The van der Waals surface area contributed by atoms with Crippen LogP contribution >= 0.6 is 0 Å². The predicted molar refractivity (Wildman–Crippen MR) is 205 cm³/mol. The van der Waals surface area contributed by atoms with E-state index in [0.29, 0.717) is 78.7 Å². The maximum Gasteiger partial charge on any atom is 0.410 e. The molecule has 4 aliphatic rings. The van der Waals surface area contributed by atoms with Crippen LogP contribution in [-0.2, 0) is 38.0 Å². The number of ether oxygens (including phenoxy) is 6. The summed E-state index contributed by atoms with van der Waals surface area (Å²) in [4.78, 5) is 42.6. The molecular weight excluding hydrogens is 710 g/mol. The molecule has 0 bridgehead atoms. The summed E-state index contributed by atoms with van der Waals surface area (Å²) < 4.78 is 34.0. The monoisotopic (exact) mass is 773 g/mol. The number of nitrogens with one attached hydrogen (secondary N) is 1. The van der Waals surface area contributed by atoms with Crippen molar-refractivity contribution < 1.29 is 47.9 Å². The van der Waals surface area contributed by atoms with Gasteiger partial charge in [0.1, 0.15) is 23.9 Å². The van der Waals surface area contributed by atoms with E-state index in [2.05, 4.69) is 28.3 Å². The predicted octanol–water partition coefficient (Wildman–Crippen LogP) is 5.22. The molecular formula is C40H63N5O10. The highest BCUT2D eigenvalue weighted by Crippen LogP contribution is 2.40. The van der Waals surface area contributed by atoms with E-state index in [9.17, 15) is 19.5 Å². The summed E-state index contributed by atoms with van der Waals surface area (Å²) in [6.07, 6.45) is 13.0. The molecule has 1 unspecified atom stereocenters. The molecule has 0 radical (unpaired) electrons. The van der Waals surface area contributed by atoms with Gasteiger partial charge in [-0.1, -0.05) is 35.8 Å². The van der Waals surface area contributed by atoms with Crippen molar-refractivity contribution >= 4 is 17.8 Å². The average molecular weight is 774 g/mol. The number of aliphatic hydroxyl groups is 1. The third-order valence-electron chi connectivity index (χ3n) is 10.9. The number of hydrogen-bond acceptors (Lipinski definition) is 11. The zero-order valence-electron chi connectivity index (χ0n) is 33.1. The molecule has 4 rings (SSSR count). The number of ketones is 1. The SMILES string of the molecule is CC(/C=C/C1OCC[C@@]2(CO2)[C@@H]1O)=C\C[C@@H]1O[C@H](C)[C@H](CC(=O)/C=C\[C@H](C)OC(=O)N2CC[C@@H](C(=O)NCCCCCOCCOCCN=[N+]=[N-])C2)C[C@@H]1C. The minimum atomic E-state index is -0.646. The number of hydrogen-bond donors (Lipinski definition) is 2. The Morgan fingerprint density at radius 1 is 1.13 bits per heavy atom. The fourth-order valence-electron chi connectivity index (χ4n) is 7.29. The normalized spacial score (nSPS) is 30.1. The molecule has 0 aromatic carbocycles. The molecule has 9 atom stereocenters. The Kier molecular flexibility index (Phi) is 18.6. The van der Waals surface area contributed by atoms with Crippen LogP contribution < -0.4 is 5.32 Å². The van der Waals surface area contributed by atoms with Crippen molar-refractivity contribution in [3.63, 3.8) is 0 Å². The lowest BCUT2D eigenvalue weighted by molar-refractivity contribution is -0.125. The van der Waals surface area contributed by atoms with Gasteiger partial charge in [-0.25, -0.2) is 4.79 Å². The second kappa shape index (κ2) is 23.1. The molecule has 4 saturated heterocycles. The summed E-state index contributed by atoms with van der Waals surface area (Å²) in [5.41, 5.74) is 8.87. The van der Waals surface area contributed by atoms with Crippen molar-refractivity contribution in [3.8, 4) is 0 Å². The molecule has 15 nitrogen and oxygen atoms in total. The Hall–Kier alpha value is -3.30. The van der Waals surface area contributed by atoms with Gasteiger partial charge < -0.3 is 43.7 Å². The van der Waals surface area contributed by atoms with E-state index in [-0.39, 0.29) is 47.8 Å². The summed E-state index contributed by atoms with van der Waals surface area (Å²) >= 11 is 0. The number of azide groups is 1. The minimum Gasteiger partial charge on any atom is -0.442 e. The third kappa shape index (κ3) is 14.9. The summed E-state index contributed by atoms with van der Waals surface area (Å²) in [5.74, 6) is 0.00400. The first kappa shape index (κ1) is 44.4. The fraction of sp³-hybridized carbons (Fsp3) is 0.775. The largest absolute Gasteiger partial charge is 0.442 e. The van der Waals surface area contributed by atoms with Gasteiger partial charge in [0.15, 0.2) is 5.78 Å². The molecule has 0 saturated carbocycles. The highest BCUT2D eigenvalue weighted by atomic mass is 16.6. The number of carbonyl (C=O) groups excluding carboxylic acids is 3. The summed E-state index contributed by atoms with van der Waals surface area (Å²) in [7, 11) is 0. The van der Waals surface area contributed by atoms with Crippen molar-refractivity contribution in [1.29, 1.82) is 0 Å². The van der Waals surface area contributed by atoms with Crippen LogP contribution in [0.5, 0.6) is 0 Å². The molecule has 4 aliphatic heterocycles. The van der Waals surface area contributed by atoms with Gasteiger partial charge in [0.05, 0.1) is 51.2 Å². The quantitative estimate of drug-likeness (QED) is 0.0280. The Labute approximate surface area is 325 Å². The van der Waals surface area contributed by atoms with Crippen LogP contribution in [0.15, 0.2) is 41.1 Å². The Morgan fingerprint density at radius 2 is 1.91 bits per heavy atom. The molecule has 2 amide bonds. The van der Waals surface area contributed by atoms with Gasteiger partial charge in [0.2, 0.25) is 5.91 Å². The molecule has 15 heteroatoms.